The Morgan fingerprint density at radius 1 is 0.750 bits per heavy atom. The molecule has 3 aromatic carbocycles. The molecule has 0 aliphatic rings. The summed E-state index contributed by atoms with van der Waals surface area (Å²) < 4.78 is 0. The largest absolute Gasteiger partial charge is 0.293 e. The van der Waals surface area contributed by atoms with Crippen LogP contribution >= 0.6 is 0 Å². The van der Waals surface area contributed by atoms with Crippen LogP contribution in [0.25, 0.3) is 0 Å². The van der Waals surface area contributed by atoms with Crippen LogP contribution in [0.2, 0.25) is 0 Å². The Bertz CT molecular complexity index is 712. The van der Waals surface area contributed by atoms with Crippen molar-refractivity contribution in [3.8, 4) is 0 Å². The maximum atomic E-state index is 12.6. The SMILES string of the molecule is O=C(CN(Cc1ccccc1)Cc1ccccc1)c1cc[c]cc1. The van der Waals surface area contributed by atoms with Crippen LogP contribution in [0, 0.1) is 6.07 Å². The van der Waals surface area contributed by atoms with Crippen LogP contribution in [-0.2, 0) is 13.1 Å². The average molecular weight is 314 g/mol. The van der Waals surface area contributed by atoms with E-state index < -0.39 is 0 Å². The van der Waals surface area contributed by atoms with Crippen LogP contribution in [0.4, 0.5) is 0 Å². The Morgan fingerprint density at radius 2 is 1.25 bits per heavy atom. The minimum absolute atomic E-state index is 0.135. The van der Waals surface area contributed by atoms with Gasteiger partial charge in [0, 0.05) is 18.7 Å². The average Bonchev–Trinajstić information content (AvgIpc) is 2.64. The second-order valence-electron chi connectivity index (χ2n) is 5.83. The highest BCUT2D eigenvalue weighted by Crippen LogP contribution is 2.11. The Balaban J connectivity index is 1.75. The Kier molecular flexibility index (Phi) is 5.54. The summed E-state index contributed by atoms with van der Waals surface area (Å²) in [6.45, 7) is 1.90. The van der Waals surface area contributed by atoms with Crippen molar-refractivity contribution < 1.29 is 4.79 Å². The van der Waals surface area contributed by atoms with Gasteiger partial charge in [-0.3, -0.25) is 9.69 Å². The summed E-state index contributed by atoms with van der Waals surface area (Å²) in [5.74, 6) is 0.135. The lowest BCUT2D eigenvalue weighted by Crippen LogP contribution is -2.29. The van der Waals surface area contributed by atoms with E-state index in [1.807, 2.05) is 48.5 Å². The van der Waals surface area contributed by atoms with Gasteiger partial charge in [-0.05, 0) is 17.2 Å². The number of carbonyl (C=O) groups excluding carboxylic acids is 1. The summed E-state index contributed by atoms with van der Waals surface area (Å²) in [5.41, 5.74) is 3.16. The number of Topliss-reactive ketones (excluding diaryl/α,β-unsaturated/α-hetero) is 1. The highest BCUT2D eigenvalue weighted by atomic mass is 16.1. The first-order valence-corrected chi connectivity index (χ1v) is 8.11. The molecule has 2 nitrogen and oxygen atoms in total. The maximum absolute atomic E-state index is 12.6. The maximum Gasteiger partial charge on any atom is 0.176 e. The Labute approximate surface area is 143 Å². The molecule has 24 heavy (non-hydrogen) atoms. The first kappa shape index (κ1) is 16.2. The Hall–Kier alpha value is -2.71. The monoisotopic (exact) mass is 314 g/mol. The molecular formula is C22H20NO. The zero-order chi connectivity index (χ0) is 16.6. The lowest BCUT2D eigenvalue weighted by Gasteiger charge is -2.22. The molecule has 1 radical (unpaired) electrons. The third-order valence-electron chi connectivity index (χ3n) is 3.91. The summed E-state index contributed by atoms with van der Waals surface area (Å²) in [6, 6.07) is 30.7. The molecule has 119 valence electrons. The predicted octanol–water partition coefficient (Wildman–Crippen LogP) is 4.37. The number of rotatable bonds is 7. The molecule has 3 rings (SSSR count). The van der Waals surface area contributed by atoms with E-state index in [9.17, 15) is 4.79 Å². The van der Waals surface area contributed by atoms with Crippen molar-refractivity contribution in [1.82, 2.24) is 4.90 Å². The second kappa shape index (κ2) is 8.23. The van der Waals surface area contributed by atoms with E-state index in [4.69, 9.17) is 0 Å². The first-order chi connectivity index (χ1) is 11.8. The quantitative estimate of drug-likeness (QED) is 0.604. The summed E-state index contributed by atoms with van der Waals surface area (Å²) in [5, 5.41) is 0. The number of nitrogens with zero attached hydrogens (tertiary/aromatic N) is 1. The molecule has 0 saturated heterocycles. The molecule has 0 spiro atoms. The molecule has 0 aliphatic heterocycles. The van der Waals surface area contributed by atoms with Crippen LogP contribution < -0.4 is 0 Å². The summed E-state index contributed by atoms with van der Waals surface area (Å²) >= 11 is 0. The fraction of sp³-hybridized carbons (Fsp3) is 0.136. The molecule has 2 heteroatoms. The molecular weight excluding hydrogens is 294 g/mol. The van der Waals surface area contributed by atoms with Gasteiger partial charge in [-0.1, -0.05) is 84.9 Å². The minimum Gasteiger partial charge on any atom is -0.293 e. The zero-order valence-corrected chi connectivity index (χ0v) is 13.6. The van der Waals surface area contributed by atoms with Crippen molar-refractivity contribution in [3.05, 3.63) is 108 Å². The van der Waals surface area contributed by atoms with Gasteiger partial charge in [0.15, 0.2) is 5.78 Å². The van der Waals surface area contributed by atoms with Gasteiger partial charge in [-0.25, -0.2) is 0 Å². The van der Waals surface area contributed by atoms with E-state index in [0.717, 1.165) is 18.7 Å². The minimum atomic E-state index is 0.135. The fourth-order valence-corrected chi connectivity index (χ4v) is 2.72. The smallest absolute Gasteiger partial charge is 0.176 e. The molecule has 0 amide bonds. The van der Waals surface area contributed by atoms with E-state index in [1.165, 1.54) is 11.1 Å². The highest BCUT2D eigenvalue weighted by Gasteiger charge is 2.13. The van der Waals surface area contributed by atoms with Crippen LogP contribution in [0.3, 0.4) is 0 Å². The number of hydrogen-bond donors (Lipinski definition) is 0. The van der Waals surface area contributed by atoms with E-state index in [2.05, 4.69) is 35.2 Å². The highest BCUT2D eigenvalue weighted by molar-refractivity contribution is 5.97. The molecule has 0 heterocycles. The molecule has 0 bridgehead atoms. The van der Waals surface area contributed by atoms with Gasteiger partial charge in [0.05, 0.1) is 6.54 Å². The predicted molar refractivity (Wildman–Crippen MR) is 96.6 cm³/mol. The number of benzene rings is 3. The summed E-state index contributed by atoms with van der Waals surface area (Å²) in [6.07, 6.45) is 0. The van der Waals surface area contributed by atoms with E-state index in [1.54, 1.807) is 12.1 Å². The normalized spacial score (nSPS) is 10.7. The second-order valence-corrected chi connectivity index (χ2v) is 5.83. The standard InChI is InChI=1S/C22H20NO/c24-22(21-14-8-3-9-15-21)18-23(16-19-10-4-1-5-11-19)17-20-12-6-2-7-13-20/h1-2,4-15H,16-18H2. The van der Waals surface area contributed by atoms with Crippen LogP contribution in [0.5, 0.6) is 0 Å². The van der Waals surface area contributed by atoms with Crippen molar-refractivity contribution in [3.63, 3.8) is 0 Å². The van der Waals surface area contributed by atoms with Gasteiger partial charge in [-0.2, -0.15) is 0 Å². The van der Waals surface area contributed by atoms with Crippen molar-refractivity contribution in [2.45, 2.75) is 13.1 Å². The van der Waals surface area contributed by atoms with Gasteiger partial charge in [0.2, 0.25) is 0 Å². The molecule has 0 N–H and O–H groups in total. The van der Waals surface area contributed by atoms with Crippen molar-refractivity contribution in [2.75, 3.05) is 6.54 Å². The third-order valence-corrected chi connectivity index (χ3v) is 3.91. The summed E-state index contributed by atoms with van der Waals surface area (Å²) in [7, 11) is 0. The molecule has 0 atom stereocenters. The van der Waals surface area contributed by atoms with Crippen LogP contribution in [0.1, 0.15) is 21.5 Å². The first-order valence-electron chi connectivity index (χ1n) is 8.11. The van der Waals surface area contributed by atoms with Crippen molar-refractivity contribution in [1.29, 1.82) is 0 Å². The number of ketones is 1. The lowest BCUT2D eigenvalue weighted by molar-refractivity contribution is 0.0920. The molecule has 0 saturated carbocycles. The zero-order valence-electron chi connectivity index (χ0n) is 13.6. The third kappa shape index (κ3) is 4.64. The Morgan fingerprint density at radius 3 is 1.75 bits per heavy atom. The van der Waals surface area contributed by atoms with Crippen molar-refractivity contribution in [2.24, 2.45) is 0 Å². The van der Waals surface area contributed by atoms with E-state index >= 15 is 0 Å². The van der Waals surface area contributed by atoms with Crippen LogP contribution in [0.15, 0.2) is 84.9 Å². The lowest BCUT2D eigenvalue weighted by atomic mass is 10.1. The topological polar surface area (TPSA) is 20.3 Å². The summed E-state index contributed by atoms with van der Waals surface area (Å²) in [4.78, 5) is 14.8. The van der Waals surface area contributed by atoms with Gasteiger partial charge in [-0.15, -0.1) is 0 Å². The molecule has 0 aromatic heterocycles. The van der Waals surface area contributed by atoms with Crippen molar-refractivity contribution >= 4 is 5.78 Å². The molecule has 0 fully saturated rings. The van der Waals surface area contributed by atoms with E-state index in [-0.39, 0.29) is 5.78 Å². The van der Waals surface area contributed by atoms with Gasteiger partial charge in [0.1, 0.15) is 0 Å². The molecule has 0 aliphatic carbocycles. The fourth-order valence-electron chi connectivity index (χ4n) is 2.72. The molecule has 3 aromatic rings. The number of carbonyl (C=O) groups is 1. The van der Waals surface area contributed by atoms with E-state index in [0.29, 0.717) is 6.54 Å². The van der Waals surface area contributed by atoms with Gasteiger partial charge in [0.25, 0.3) is 0 Å². The molecule has 0 unspecified atom stereocenters. The van der Waals surface area contributed by atoms with Gasteiger partial charge < -0.3 is 0 Å². The van der Waals surface area contributed by atoms with Gasteiger partial charge >= 0.3 is 0 Å². The number of hydrogen-bond acceptors (Lipinski definition) is 2. The van der Waals surface area contributed by atoms with Crippen LogP contribution in [-0.4, -0.2) is 17.2 Å².